The van der Waals surface area contributed by atoms with Crippen molar-refractivity contribution in [2.75, 3.05) is 24.5 Å². The van der Waals surface area contributed by atoms with Crippen LogP contribution in [0.5, 0.6) is 0 Å². The zero-order valence-corrected chi connectivity index (χ0v) is 17.2. The van der Waals surface area contributed by atoms with E-state index in [4.69, 9.17) is 9.40 Å². The Balaban J connectivity index is 1.37. The minimum absolute atomic E-state index is 0.00996. The number of piperidine rings is 1. The molecule has 0 saturated carbocycles. The Bertz CT molecular complexity index is 1200. The van der Waals surface area contributed by atoms with Crippen LogP contribution in [0.25, 0.3) is 11.0 Å². The number of hydrogen-bond acceptors (Lipinski definition) is 6. The van der Waals surface area contributed by atoms with E-state index in [1.54, 1.807) is 18.4 Å². The van der Waals surface area contributed by atoms with E-state index < -0.39 is 0 Å². The summed E-state index contributed by atoms with van der Waals surface area (Å²) in [6.07, 6.45) is 4.60. The normalized spacial score (nSPS) is 19.8. The fourth-order valence-corrected chi connectivity index (χ4v) is 4.60. The molecule has 4 heterocycles. The highest BCUT2D eigenvalue weighted by Gasteiger charge is 2.25. The van der Waals surface area contributed by atoms with Gasteiger partial charge in [-0.05, 0) is 30.9 Å². The highest BCUT2D eigenvalue weighted by atomic mass is 16.3. The van der Waals surface area contributed by atoms with Crippen molar-refractivity contribution in [2.45, 2.75) is 39.3 Å². The Morgan fingerprint density at radius 3 is 2.97 bits per heavy atom. The summed E-state index contributed by atoms with van der Waals surface area (Å²) in [5.41, 5.74) is 2.72. The van der Waals surface area contributed by atoms with Gasteiger partial charge in [-0.15, -0.1) is 0 Å². The Morgan fingerprint density at radius 2 is 2.10 bits per heavy atom. The summed E-state index contributed by atoms with van der Waals surface area (Å²) in [7, 11) is 0. The van der Waals surface area contributed by atoms with E-state index in [2.05, 4.69) is 21.7 Å². The maximum atomic E-state index is 12.8. The number of nitrogens with zero attached hydrogens (tertiary/aromatic N) is 3. The molecule has 0 radical (unpaired) electrons. The third-order valence-corrected chi connectivity index (χ3v) is 6.24. The van der Waals surface area contributed by atoms with Gasteiger partial charge in [-0.1, -0.05) is 19.1 Å². The van der Waals surface area contributed by atoms with Gasteiger partial charge in [0.05, 0.1) is 22.9 Å². The van der Waals surface area contributed by atoms with E-state index in [9.17, 15) is 9.59 Å². The molecule has 1 aromatic carbocycles. The Labute approximate surface area is 174 Å². The molecule has 7 heteroatoms. The molecule has 2 aromatic heterocycles. The fourth-order valence-electron chi connectivity index (χ4n) is 4.60. The number of hydrogen-bond donors (Lipinski definition) is 1. The molecule has 1 N–H and O–H groups in total. The lowest BCUT2D eigenvalue weighted by molar-refractivity contribution is 0.239. The summed E-state index contributed by atoms with van der Waals surface area (Å²) >= 11 is 0. The van der Waals surface area contributed by atoms with Crippen molar-refractivity contribution >= 4 is 16.9 Å². The van der Waals surface area contributed by atoms with Crippen molar-refractivity contribution in [3.05, 3.63) is 67.9 Å². The van der Waals surface area contributed by atoms with Crippen LogP contribution in [0.1, 0.15) is 36.6 Å². The molecule has 0 amide bonds. The molecule has 1 atom stereocenters. The maximum Gasteiger partial charge on any atom is 0.257 e. The smallest absolute Gasteiger partial charge is 0.257 e. The predicted molar refractivity (Wildman–Crippen MR) is 116 cm³/mol. The van der Waals surface area contributed by atoms with Gasteiger partial charge in [-0.3, -0.25) is 19.5 Å². The van der Waals surface area contributed by atoms with Gasteiger partial charge >= 0.3 is 0 Å². The number of para-hydroxylation sites is 1. The van der Waals surface area contributed by atoms with Gasteiger partial charge in [0.1, 0.15) is 5.58 Å². The predicted octanol–water partition coefficient (Wildman–Crippen LogP) is 2.67. The monoisotopic (exact) mass is 406 g/mol. The largest absolute Gasteiger partial charge is 0.464 e. The number of H-pyrrole nitrogens is 1. The zero-order valence-electron chi connectivity index (χ0n) is 17.2. The molecule has 1 fully saturated rings. The number of aromatic nitrogens is 2. The van der Waals surface area contributed by atoms with Crippen LogP contribution in [0.3, 0.4) is 0 Å². The van der Waals surface area contributed by atoms with Crippen molar-refractivity contribution in [1.29, 1.82) is 0 Å². The Morgan fingerprint density at radius 1 is 1.23 bits per heavy atom. The number of benzene rings is 1. The van der Waals surface area contributed by atoms with Gasteiger partial charge in [0.25, 0.3) is 5.56 Å². The molecule has 2 aliphatic heterocycles. The van der Waals surface area contributed by atoms with Crippen molar-refractivity contribution in [3.63, 3.8) is 0 Å². The summed E-state index contributed by atoms with van der Waals surface area (Å²) < 4.78 is 5.64. The van der Waals surface area contributed by atoms with E-state index in [1.165, 1.54) is 6.42 Å². The lowest BCUT2D eigenvalue weighted by atomic mass is 10.0. The second kappa shape index (κ2) is 7.72. The average Bonchev–Trinajstić information content (AvgIpc) is 2.76. The molecule has 156 valence electrons. The maximum absolute atomic E-state index is 12.8. The van der Waals surface area contributed by atoms with Crippen LogP contribution in [-0.4, -0.2) is 34.5 Å². The summed E-state index contributed by atoms with van der Waals surface area (Å²) in [5, 5.41) is 0.590. The SMILES string of the molecule is C[C@H]1CCCN(c2nc3c(c(=O)[nH]2)CN(Cc2coc4ccccc4c2=O)CC3)C1. The minimum Gasteiger partial charge on any atom is -0.464 e. The zero-order chi connectivity index (χ0) is 20.7. The lowest BCUT2D eigenvalue weighted by Crippen LogP contribution is -2.40. The summed E-state index contributed by atoms with van der Waals surface area (Å²) in [5.74, 6) is 1.32. The summed E-state index contributed by atoms with van der Waals surface area (Å²) in [4.78, 5) is 37.7. The molecule has 5 rings (SSSR count). The molecular weight excluding hydrogens is 380 g/mol. The standard InChI is InChI=1S/C23H26N4O3/c1-15-5-4-9-27(11-15)23-24-19-8-10-26(13-18(19)22(29)25-23)12-16-14-30-20-7-3-2-6-17(20)21(16)28/h2-3,6-7,14-15H,4-5,8-13H2,1H3,(H,24,25,29)/t15-/m0/s1. The van der Waals surface area contributed by atoms with E-state index in [1.807, 2.05) is 12.1 Å². The first kappa shape index (κ1) is 19.1. The van der Waals surface area contributed by atoms with Crippen LogP contribution < -0.4 is 15.9 Å². The molecular formula is C23H26N4O3. The van der Waals surface area contributed by atoms with E-state index >= 15 is 0 Å². The highest BCUT2D eigenvalue weighted by Crippen LogP contribution is 2.22. The van der Waals surface area contributed by atoms with Gasteiger partial charge in [-0.25, -0.2) is 4.98 Å². The van der Waals surface area contributed by atoms with Crippen LogP contribution in [0, 0.1) is 5.92 Å². The average molecular weight is 406 g/mol. The van der Waals surface area contributed by atoms with Crippen LogP contribution in [0.2, 0.25) is 0 Å². The molecule has 30 heavy (non-hydrogen) atoms. The molecule has 2 aliphatic rings. The molecule has 0 aliphatic carbocycles. The second-order valence-corrected chi connectivity index (χ2v) is 8.56. The third-order valence-electron chi connectivity index (χ3n) is 6.24. The van der Waals surface area contributed by atoms with Gasteiger partial charge in [0.15, 0.2) is 5.43 Å². The van der Waals surface area contributed by atoms with Gasteiger partial charge in [0, 0.05) is 44.7 Å². The molecule has 0 unspecified atom stereocenters. The molecule has 3 aromatic rings. The van der Waals surface area contributed by atoms with Crippen molar-refractivity contribution in [1.82, 2.24) is 14.9 Å². The van der Waals surface area contributed by atoms with E-state index in [0.29, 0.717) is 53.5 Å². The molecule has 1 saturated heterocycles. The number of anilines is 1. The van der Waals surface area contributed by atoms with Crippen LogP contribution >= 0.6 is 0 Å². The number of aromatic amines is 1. The quantitative estimate of drug-likeness (QED) is 0.720. The minimum atomic E-state index is -0.0662. The number of rotatable bonds is 3. The number of fused-ring (bicyclic) bond motifs is 2. The Hall–Kier alpha value is -2.93. The van der Waals surface area contributed by atoms with E-state index in [-0.39, 0.29) is 11.0 Å². The molecule has 0 bridgehead atoms. The topological polar surface area (TPSA) is 82.4 Å². The van der Waals surface area contributed by atoms with Crippen LogP contribution in [0.15, 0.2) is 44.5 Å². The van der Waals surface area contributed by atoms with E-state index in [0.717, 1.165) is 31.7 Å². The second-order valence-electron chi connectivity index (χ2n) is 8.56. The van der Waals surface area contributed by atoms with Gasteiger partial charge in [0.2, 0.25) is 5.95 Å². The summed E-state index contributed by atoms with van der Waals surface area (Å²) in [6.45, 7) is 5.81. The fraction of sp³-hybridized carbons (Fsp3) is 0.435. The third kappa shape index (κ3) is 3.54. The summed E-state index contributed by atoms with van der Waals surface area (Å²) in [6, 6.07) is 7.27. The molecule has 7 nitrogen and oxygen atoms in total. The first-order chi connectivity index (χ1) is 14.6. The Kier molecular flexibility index (Phi) is 4.90. The molecule has 0 spiro atoms. The highest BCUT2D eigenvalue weighted by molar-refractivity contribution is 5.76. The van der Waals surface area contributed by atoms with Gasteiger partial charge < -0.3 is 9.32 Å². The number of nitrogens with one attached hydrogen (secondary N) is 1. The lowest BCUT2D eigenvalue weighted by Gasteiger charge is -2.33. The van der Waals surface area contributed by atoms with Crippen molar-refractivity contribution < 1.29 is 4.42 Å². The first-order valence-corrected chi connectivity index (χ1v) is 10.7. The van der Waals surface area contributed by atoms with Crippen LogP contribution in [0.4, 0.5) is 5.95 Å². The van der Waals surface area contributed by atoms with Crippen molar-refractivity contribution in [2.24, 2.45) is 5.92 Å². The van der Waals surface area contributed by atoms with Crippen molar-refractivity contribution in [3.8, 4) is 0 Å². The first-order valence-electron chi connectivity index (χ1n) is 10.7. The van der Waals surface area contributed by atoms with Crippen LogP contribution in [-0.2, 0) is 19.5 Å². The van der Waals surface area contributed by atoms with Gasteiger partial charge in [-0.2, -0.15) is 0 Å².